The van der Waals surface area contributed by atoms with Gasteiger partial charge >= 0.3 is 0 Å². The number of nitrogens with zero attached hydrogens (tertiary/aromatic N) is 2. The number of hydrogen-bond acceptors (Lipinski definition) is 5. The Morgan fingerprint density at radius 3 is 2.67 bits per heavy atom. The summed E-state index contributed by atoms with van der Waals surface area (Å²) in [4.78, 5) is 10.1. The van der Waals surface area contributed by atoms with Gasteiger partial charge in [-0.25, -0.2) is 9.97 Å². The maximum atomic E-state index is 6.00. The molecule has 0 radical (unpaired) electrons. The van der Waals surface area contributed by atoms with Crippen molar-refractivity contribution >= 4 is 34.2 Å². The van der Waals surface area contributed by atoms with E-state index in [0.29, 0.717) is 11.6 Å². The first-order chi connectivity index (χ1) is 10.1. The van der Waals surface area contributed by atoms with Crippen LogP contribution >= 0.6 is 11.8 Å². The molecule has 2 aromatic carbocycles. The van der Waals surface area contributed by atoms with Crippen LogP contribution in [0.1, 0.15) is 11.4 Å². The lowest BCUT2D eigenvalue weighted by Crippen LogP contribution is -2.00. The van der Waals surface area contributed by atoms with Gasteiger partial charge in [-0.05, 0) is 36.8 Å². The first-order valence-corrected chi connectivity index (χ1v) is 7.63. The first-order valence-electron chi connectivity index (χ1n) is 6.64. The molecule has 3 rings (SSSR count). The van der Waals surface area contributed by atoms with Gasteiger partial charge in [0.1, 0.15) is 11.6 Å². The number of benzene rings is 2. The SMILES string of the molecule is Cc1c(N)cccc1SCc1nc(N)c2ccccc2n1. The second kappa shape index (κ2) is 5.61. The van der Waals surface area contributed by atoms with Gasteiger partial charge in [0, 0.05) is 16.0 Å². The first kappa shape index (κ1) is 13.7. The number of para-hydroxylation sites is 1. The fourth-order valence-corrected chi connectivity index (χ4v) is 3.07. The molecule has 0 amide bonds. The van der Waals surface area contributed by atoms with E-state index < -0.39 is 0 Å². The van der Waals surface area contributed by atoms with Crippen molar-refractivity contribution in [2.75, 3.05) is 11.5 Å². The second-order valence-electron chi connectivity index (χ2n) is 4.80. The van der Waals surface area contributed by atoms with Crippen LogP contribution in [-0.4, -0.2) is 9.97 Å². The molecule has 3 aromatic rings. The highest BCUT2D eigenvalue weighted by molar-refractivity contribution is 7.98. The van der Waals surface area contributed by atoms with Crippen LogP contribution in [0.15, 0.2) is 47.4 Å². The highest BCUT2D eigenvalue weighted by Gasteiger charge is 2.07. The molecule has 0 fully saturated rings. The normalized spacial score (nSPS) is 10.9. The summed E-state index contributed by atoms with van der Waals surface area (Å²) in [6, 6.07) is 13.7. The van der Waals surface area contributed by atoms with Crippen molar-refractivity contribution in [1.29, 1.82) is 0 Å². The van der Waals surface area contributed by atoms with Crippen LogP contribution < -0.4 is 11.5 Å². The summed E-state index contributed by atoms with van der Waals surface area (Å²) in [6.45, 7) is 2.02. The standard InChI is InChI=1S/C16H16N4S/c1-10-12(17)6-4-8-14(10)21-9-15-19-13-7-3-2-5-11(13)16(18)20-15/h2-8H,9,17H2,1H3,(H2,18,19,20). The van der Waals surface area contributed by atoms with Crippen molar-refractivity contribution in [1.82, 2.24) is 9.97 Å². The zero-order valence-electron chi connectivity index (χ0n) is 11.7. The minimum Gasteiger partial charge on any atom is -0.398 e. The lowest BCUT2D eigenvalue weighted by molar-refractivity contribution is 1.07. The molecule has 1 heterocycles. The van der Waals surface area contributed by atoms with Crippen molar-refractivity contribution in [3.05, 3.63) is 53.9 Å². The van der Waals surface area contributed by atoms with Gasteiger partial charge in [0.05, 0.1) is 11.3 Å². The molecule has 0 saturated carbocycles. The Morgan fingerprint density at radius 1 is 1.00 bits per heavy atom. The van der Waals surface area contributed by atoms with Crippen molar-refractivity contribution in [3.63, 3.8) is 0 Å². The Labute approximate surface area is 127 Å². The number of aromatic nitrogens is 2. The second-order valence-corrected chi connectivity index (χ2v) is 5.82. The van der Waals surface area contributed by atoms with Crippen LogP contribution in [0.4, 0.5) is 11.5 Å². The van der Waals surface area contributed by atoms with Gasteiger partial charge in [0.25, 0.3) is 0 Å². The van der Waals surface area contributed by atoms with Gasteiger partial charge in [0.15, 0.2) is 0 Å². The number of thioether (sulfide) groups is 1. The highest BCUT2D eigenvalue weighted by atomic mass is 32.2. The van der Waals surface area contributed by atoms with E-state index in [1.807, 2.05) is 43.3 Å². The molecule has 4 N–H and O–H groups in total. The molecule has 0 atom stereocenters. The Bertz CT molecular complexity index is 801. The minimum atomic E-state index is 0.528. The third-order valence-electron chi connectivity index (χ3n) is 3.36. The number of fused-ring (bicyclic) bond motifs is 1. The topological polar surface area (TPSA) is 77.8 Å². The third-order valence-corrected chi connectivity index (χ3v) is 4.52. The lowest BCUT2D eigenvalue weighted by atomic mass is 10.2. The van der Waals surface area contributed by atoms with E-state index in [2.05, 4.69) is 16.0 Å². The molecule has 4 nitrogen and oxygen atoms in total. The van der Waals surface area contributed by atoms with Crippen molar-refractivity contribution in [2.24, 2.45) is 0 Å². The molecule has 0 bridgehead atoms. The van der Waals surface area contributed by atoms with Gasteiger partial charge in [0.2, 0.25) is 0 Å². The van der Waals surface area contributed by atoms with E-state index in [-0.39, 0.29) is 0 Å². The van der Waals surface area contributed by atoms with E-state index in [1.165, 1.54) is 0 Å². The molecular weight excluding hydrogens is 280 g/mol. The highest BCUT2D eigenvalue weighted by Crippen LogP contribution is 2.29. The Morgan fingerprint density at radius 2 is 1.81 bits per heavy atom. The Hall–Kier alpha value is -2.27. The molecule has 1 aromatic heterocycles. The molecule has 0 aliphatic rings. The van der Waals surface area contributed by atoms with Crippen LogP contribution in [-0.2, 0) is 5.75 Å². The molecular formula is C16H16N4S. The quantitative estimate of drug-likeness (QED) is 0.572. The fourth-order valence-electron chi connectivity index (χ4n) is 2.15. The molecule has 106 valence electrons. The van der Waals surface area contributed by atoms with Gasteiger partial charge < -0.3 is 11.5 Å². The average Bonchev–Trinajstić information content (AvgIpc) is 2.49. The number of nitrogen functional groups attached to an aromatic ring is 2. The van der Waals surface area contributed by atoms with Gasteiger partial charge in [-0.1, -0.05) is 18.2 Å². The molecule has 0 aliphatic carbocycles. The largest absolute Gasteiger partial charge is 0.398 e. The van der Waals surface area contributed by atoms with E-state index in [0.717, 1.165) is 32.9 Å². The number of hydrogen-bond donors (Lipinski definition) is 2. The van der Waals surface area contributed by atoms with Crippen LogP contribution in [0, 0.1) is 6.92 Å². The van der Waals surface area contributed by atoms with E-state index in [4.69, 9.17) is 11.5 Å². The van der Waals surface area contributed by atoms with Crippen molar-refractivity contribution < 1.29 is 0 Å². The third kappa shape index (κ3) is 2.78. The summed E-state index contributed by atoms with van der Waals surface area (Å²) in [6.07, 6.45) is 0. The Balaban J connectivity index is 1.87. The summed E-state index contributed by atoms with van der Waals surface area (Å²) < 4.78 is 0. The zero-order chi connectivity index (χ0) is 14.8. The number of nitrogens with two attached hydrogens (primary N) is 2. The predicted octanol–water partition coefficient (Wildman–Crippen LogP) is 3.39. The van der Waals surface area contributed by atoms with Crippen molar-refractivity contribution in [2.45, 2.75) is 17.6 Å². The smallest absolute Gasteiger partial charge is 0.141 e. The summed E-state index contributed by atoms with van der Waals surface area (Å²) in [7, 11) is 0. The van der Waals surface area contributed by atoms with Crippen LogP contribution in [0.2, 0.25) is 0 Å². The summed E-state index contributed by atoms with van der Waals surface area (Å²) in [5.74, 6) is 1.93. The van der Waals surface area contributed by atoms with Crippen LogP contribution in [0.5, 0.6) is 0 Å². The average molecular weight is 296 g/mol. The molecule has 0 unspecified atom stereocenters. The van der Waals surface area contributed by atoms with Crippen molar-refractivity contribution in [3.8, 4) is 0 Å². The van der Waals surface area contributed by atoms with E-state index in [1.54, 1.807) is 11.8 Å². The molecule has 0 spiro atoms. The van der Waals surface area contributed by atoms with Gasteiger partial charge in [-0.3, -0.25) is 0 Å². The fraction of sp³-hybridized carbons (Fsp3) is 0.125. The van der Waals surface area contributed by atoms with Crippen LogP contribution in [0.3, 0.4) is 0 Å². The predicted molar refractivity (Wildman–Crippen MR) is 89.1 cm³/mol. The number of rotatable bonds is 3. The molecule has 5 heteroatoms. The van der Waals surface area contributed by atoms with E-state index >= 15 is 0 Å². The summed E-state index contributed by atoms with van der Waals surface area (Å²) in [5.41, 5.74) is 14.7. The van der Waals surface area contributed by atoms with E-state index in [9.17, 15) is 0 Å². The molecule has 0 saturated heterocycles. The maximum absolute atomic E-state index is 6.00. The van der Waals surface area contributed by atoms with Crippen LogP contribution in [0.25, 0.3) is 10.9 Å². The maximum Gasteiger partial charge on any atom is 0.141 e. The number of anilines is 2. The minimum absolute atomic E-state index is 0.528. The molecule has 21 heavy (non-hydrogen) atoms. The molecule has 0 aliphatic heterocycles. The summed E-state index contributed by atoms with van der Waals surface area (Å²) >= 11 is 1.67. The lowest BCUT2D eigenvalue weighted by Gasteiger charge is -2.08. The van der Waals surface area contributed by atoms with Gasteiger partial charge in [-0.2, -0.15) is 0 Å². The Kier molecular flexibility index (Phi) is 3.66. The summed E-state index contributed by atoms with van der Waals surface area (Å²) in [5, 5.41) is 0.895. The zero-order valence-corrected chi connectivity index (χ0v) is 12.5. The van der Waals surface area contributed by atoms with Gasteiger partial charge in [-0.15, -0.1) is 11.8 Å². The monoisotopic (exact) mass is 296 g/mol.